The van der Waals surface area contributed by atoms with Crippen LogP contribution in [0.15, 0.2) is 12.4 Å². The molecule has 1 unspecified atom stereocenters. The Bertz CT molecular complexity index is 451. The van der Waals surface area contributed by atoms with Gasteiger partial charge in [0.1, 0.15) is 0 Å². The average Bonchev–Trinajstić information content (AvgIpc) is 2.77. The summed E-state index contributed by atoms with van der Waals surface area (Å²) in [4.78, 5) is 0. The molecule has 1 heterocycles. The van der Waals surface area contributed by atoms with Crippen molar-refractivity contribution in [2.45, 2.75) is 58.3 Å². The van der Waals surface area contributed by atoms with Gasteiger partial charge in [-0.1, -0.05) is 39.5 Å². The molecular weight excluding hydrogens is 248 g/mol. The average molecular weight is 272 g/mol. The molecule has 1 aromatic rings. The molecule has 0 amide bonds. The minimum atomic E-state index is -3.25. The molecule has 5 heteroatoms. The van der Waals surface area contributed by atoms with Gasteiger partial charge in [-0.05, 0) is 24.3 Å². The van der Waals surface area contributed by atoms with Crippen molar-refractivity contribution in [3.63, 3.8) is 0 Å². The van der Waals surface area contributed by atoms with Crippen LogP contribution in [0, 0.1) is 0 Å². The minimum absolute atomic E-state index is 0.442. The molecule has 0 radical (unpaired) electrons. The molecule has 0 N–H and O–H groups in total. The highest BCUT2D eigenvalue weighted by molar-refractivity contribution is 7.89. The molecule has 0 saturated carbocycles. The summed E-state index contributed by atoms with van der Waals surface area (Å²) >= 11 is 0. The molecule has 0 aromatic carbocycles. The van der Waals surface area contributed by atoms with E-state index in [1.165, 1.54) is 25.5 Å². The second-order valence-electron chi connectivity index (χ2n) is 4.89. The maximum absolute atomic E-state index is 11.4. The van der Waals surface area contributed by atoms with Crippen LogP contribution in [0.3, 0.4) is 0 Å². The SMILES string of the molecule is CCCCCC(CCC)c1cnn(S(C)(=O)=O)c1. The van der Waals surface area contributed by atoms with Crippen LogP contribution in [-0.4, -0.2) is 23.9 Å². The maximum Gasteiger partial charge on any atom is 0.250 e. The third kappa shape index (κ3) is 4.44. The lowest BCUT2D eigenvalue weighted by Crippen LogP contribution is -2.10. The predicted octanol–water partition coefficient (Wildman–Crippen LogP) is 3.15. The lowest BCUT2D eigenvalue weighted by Gasteiger charge is -2.13. The lowest BCUT2D eigenvalue weighted by molar-refractivity contribution is 0.529. The molecule has 18 heavy (non-hydrogen) atoms. The normalized spacial score (nSPS) is 13.7. The number of aromatic nitrogens is 2. The summed E-state index contributed by atoms with van der Waals surface area (Å²) in [6.07, 6.45) is 11.5. The van der Waals surface area contributed by atoms with Gasteiger partial charge in [0, 0.05) is 6.20 Å². The van der Waals surface area contributed by atoms with Crippen LogP contribution in [0.25, 0.3) is 0 Å². The van der Waals surface area contributed by atoms with Gasteiger partial charge in [-0.15, -0.1) is 0 Å². The van der Waals surface area contributed by atoms with Crippen LogP contribution >= 0.6 is 0 Å². The van der Waals surface area contributed by atoms with E-state index in [2.05, 4.69) is 18.9 Å². The van der Waals surface area contributed by atoms with Crippen LogP contribution in [-0.2, 0) is 10.0 Å². The Morgan fingerprint density at radius 3 is 2.44 bits per heavy atom. The zero-order chi connectivity index (χ0) is 13.6. The third-order valence-corrected chi connectivity index (χ3v) is 4.06. The Morgan fingerprint density at radius 1 is 1.22 bits per heavy atom. The van der Waals surface area contributed by atoms with Gasteiger partial charge in [0.2, 0.25) is 0 Å². The largest absolute Gasteiger partial charge is 0.250 e. The van der Waals surface area contributed by atoms with Crippen molar-refractivity contribution < 1.29 is 8.42 Å². The molecule has 0 saturated heterocycles. The number of nitrogens with zero attached hydrogens (tertiary/aromatic N) is 2. The van der Waals surface area contributed by atoms with Crippen LogP contribution in [0.5, 0.6) is 0 Å². The van der Waals surface area contributed by atoms with E-state index < -0.39 is 10.0 Å². The quantitative estimate of drug-likeness (QED) is 0.683. The predicted molar refractivity (Wildman–Crippen MR) is 74.3 cm³/mol. The second kappa shape index (κ2) is 6.92. The van der Waals surface area contributed by atoms with E-state index in [0.717, 1.165) is 28.9 Å². The topological polar surface area (TPSA) is 52.0 Å². The highest BCUT2D eigenvalue weighted by Crippen LogP contribution is 2.27. The molecule has 0 fully saturated rings. The first-order chi connectivity index (χ1) is 8.49. The highest BCUT2D eigenvalue weighted by Gasteiger charge is 2.15. The monoisotopic (exact) mass is 272 g/mol. The molecule has 1 rings (SSSR count). The fraction of sp³-hybridized carbons (Fsp3) is 0.769. The van der Waals surface area contributed by atoms with Crippen LogP contribution in [0.2, 0.25) is 0 Å². The molecule has 0 aliphatic carbocycles. The van der Waals surface area contributed by atoms with E-state index in [1.807, 2.05) is 0 Å². The molecule has 1 atom stereocenters. The van der Waals surface area contributed by atoms with Gasteiger partial charge >= 0.3 is 0 Å². The molecule has 0 spiro atoms. The van der Waals surface area contributed by atoms with Crippen molar-refractivity contribution in [2.24, 2.45) is 0 Å². The van der Waals surface area contributed by atoms with E-state index in [0.29, 0.717) is 5.92 Å². The molecule has 1 aromatic heterocycles. The van der Waals surface area contributed by atoms with Gasteiger partial charge in [-0.25, -0.2) is 8.42 Å². The van der Waals surface area contributed by atoms with Gasteiger partial charge in [0.25, 0.3) is 10.0 Å². The Morgan fingerprint density at radius 2 is 1.94 bits per heavy atom. The fourth-order valence-corrected chi connectivity index (χ4v) is 2.71. The summed E-state index contributed by atoms with van der Waals surface area (Å²) in [7, 11) is -3.25. The van der Waals surface area contributed by atoms with Gasteiger partial charge < -0.3 is 0 Å². The van der Waals surface area contributed by atoms with E-state index in [1.54, 1.807) is 12.4 Å². The fourth-order valence-electron chi connectivity index (χ4n) is 2.18. The van der Waals surface area contributed by atoms with Gasteiger partial charge in [-0.2, -0.15) is 9.19 Å². The van der Waals surface area contributed by atoms with Gasteiger partial charge in [0.05, 0.1) is 12.5 Å². The van der Waals surface area contributed by atoms with Crippen molar-refractivity contribution in [3.8, 4) is 0 Å². The first kappa shape index (κ1) is 15.2. The van der Waals surface area contributed by atoms with Crippen molar-refractivity contribution in [2.75, 3.05) is 6.26 Å². The highest BCUT2D eigenvalue weighted by atomic mass is 32.2. The van der Waals surface area contributed by atoms with Crippen molar-refractivity contribution >= 4 is 10.0 Å². The number of rotatable bonds is 8. The van der Waals surface area contributed by atoms with E-state index >= 15 is 0 Å². The summed E-state index contributed by atoms with van der Waals surface area (Å²) in [5.41, 5.74) is 1.05. The van der Waals surface area contributed by atoms with Crippen LogP contribution in [0.1, 0.15) is 63.9 Å². The Balaban J connectivity index is 2.76. The van der Waals surface area contributed by atoms with E-state index in [9.17, 15) is 8.42 Å². The summed E-state index contributed by atoms with van der Waals surface area (Å²) in [6, 6.07) is 0. The Labute approximate surface area is 110 Å². The molecule has 4 nitrogen and oxygen atoms in total. The zero-order valence-electron chi connectivity index (χ0n) is 11.6. The first-order valence-electron chi connectivity index (χ1n) is 6.74. The lowest BCUT2D eigenvalue weighted by atomic mass is 9.91. The number of hydrogen-bond acceptors (Lipinski definition) is 3. The summed E-state index contributed by atoms with van der Waals surface area (Å²) in [6.45, 7) is 4.35. The molecule has 0 aliphatic rings. The van der Waals surface area contributed by atoms with Crippen LogP contribution < -0.4 is 0 Å². The standard InChI is InChI=1S/C13H24N2O2S/c1-4-6-7-9-12(8-5-2)13-10-14-15(11-13)18(3,16)17/h10-12H,4-9H2,1-3H3. The Hall–Kier alpha value is -0.840. The number of hydrogen-bond donors (Lipinski definition) is 0. The van der Waals surface area contributed by atoms with E-state index in [-0.39, 0.29) is 0 Å². The molecule has 0 bridgehead atoms. The molecule has 0 aliphatic heterocycles. The third-order valence-electron chi connectivity index (χ3n) is 3.18. The Kier molecular flexibility index (Phi) is 5.85. The van der Waals surface area contributed by atoms with Crippen LogP contribution in [0.4, 0.5) is 0 Å². The summed E-state index contributed by atoms with van der Waals surface area (Å²) in [5, 5.41) is 3.95. The molecule has 104 valence electrons. The summed E-state index contributed by atoms with van der Waals surface area (Å²) in [5.74, 6) is 0.442. The maximum atomic E-state index is 11.4. The number of unbranched alkanes of at least 4 members (excludes halogenated alkanes) is 2. The van der Waals surface area contributed by atoms with Gasteiger partial charge in [0.15, 0.2) is 0 Å². The van der Waals surface area contributed by atoms with Crippen molar-refractivity contribution in [3.05, 3.63) is 18.0 Å². The van der Waals surface area contributed by atoms with Crippen molar-refractivity contribution in [1.29, 1.82) is 0 Å². The minimum Gasteiger partial charge on any atom is -0.205 e. The zero-order valence-corrected chi connectivity index (χ0v) is 12.4. The van der Waals surface area contributed by atoms with E-state index in [4.69, 9.17) is 0 Å². The smallest absolute Gasteiger partial charge is 0.205 e. The van der Waals surface area contributed by atoms with Crippen molar-refractivity contribution in [1.82, 2.24) is 9.19 Å². The van der Waals surface area contributed by atoms with Gasteiger partial charge in [-0.3, -0.25) is 0 Å². The second-order valence-corrected chi connectivity index (χ2v) is 6.73. The first-order valence-corrected chi connectivity index (χ1v) is 8.59. The summed E-state index contributed by atoms with van der Waals surface area (Å²) < 4.78 is 23.8. The molecular formula is C13H24N2O2S.